The zero-order chi connectivity index (χ0) is 13.8. The van der Waals surface area contributed by atoms with E-state index in [0.717, 1.165) is 11.8 Å². The molecule has 0 aliphatic rings. The molecular weight excluding hydrogens is 267 g/mol. The molecule has 0 aromatic heterocycles. The van der Waals surface area contributed by atoms with Crippen molar-refractivity contribution in [3.8, 4) is 0 Å². The van der Waals surface area contributed by atoms with Crippen LogP contribution in [0.25, 0.3) is 0 Å². The summed E-state index contributed by atoms with van der Waals surface area (Å²) in [6.45, 7) is 0. The van der Waals surface area contributed by atoms with E-state index in [1.54, 1.807) is 31.3 Å². The maximum atomic E-state index is 12.9. The van der Waals surface area contributed by atoms with Crippen LogP contribution in [0.5, 0.6) is 0 Å². The summed E-state index contributed by atoms with van der Waals surface area (Å²) in [6, 6.07) is 10.8. The highest BCUT2D eigenvalue weighted by molar-refractivity contribution is 6.33. The minimum atomic E-state index is -0.443. The number of rotatable bonds is 3. The molecule has 19 heavy (non-hydrogen) atoms. The van der Waals surface area contributed by atoms with E-state index in [4.69, 9.17) is 11.6 Å². The van der Waals surface area contributed by atoms with Gasteiger partial charge in [-0.2, -0.15) is 0 Å². The molecule has 2 N–H and O–H groups in total. The van der Waals surface area contributed by atoms with Gasteiger partial charge in [0.05, 0.1) is 10.7 Å². The van der Waals surface area contributed by atoms with Crippen LogP contribution < -0.4 is 10.6 Å². The van der Waals surface area contributed by atoms with Gasteiger partial charge in [-0.25, -0.2) is 4.39 Å². The molecule has 0 aliphatic heterocycles. The Balaban J connectivity index is 2.15. The van der Waals surface area contributed by atoms with Crippen LogP contribution >= 0.6 is 11.6 Å². The Morgan fingerprint density at radius 2 is 1.84 bits per heavy atom. The quantitative estimate of drug-likeness (QED) is 0.897. The number of halogens is 2. The summed E-state index contributed by atoms with van der Waals surface area (Å²) in [7, 11) is 1.80. The zero-order valence-electron chi connectivity index (χ0n) is 10.2. The van der Waals surface area contributed by atoms with E-state index in [2.05, 4.69) is 10.6 Å². The van der Waals surface area contributed by atoms with Gasteiger partial charge < -0.3 is 10.6 Å². The van der Waals surface area contributed by atoms with Crippen molar-refractivity contribution in [2.45, 2.75) is 0 Å². The lowest BCUT2D eigenvalue weighted by Crippen LogP contribution is -2.12. The molecule has 0 spiro atoms. The molecule has 1 amide bonds. The number of nitrogens with one attached hydrogen (secondary N) is 2. The molecule has 2 rings (SSSR count). The highest BCUT2D eigenvalue weighted by atomic mass is 35.5. The molecule has 0 radical (unpaired) electrons. The Labute approximate surface area is 115 Å². The maximum Gasteiger partial charge on any atom is 0.255 e. The van der Waals surface area contributed by atoms with Crippen LogP contribution in [0.1, 0.15) is 10.4 Å². The van der Waals surface area contributed by atoms with E-state index in [9.17, 15) is 9.18 Å². The third kappa shape index (κ3) is 3.23. The first-order valence-electron chi connectivity index (χ1n) is 5.64. The van der Waals surface area contributed by atoms with E-state index >= 15 is 0 Å². The van der Waals surface area contributed by atoms with Gasteiger partial charge in [-0.05, 0) is 42.5 Å². The fourth-order valence-electron chi connectivity index (χ4n) is 1.57. The molecule has 0 unspecified atom stereocenters. The smallest absolute Gasteiger partial charge is 0.255 e. The van der Waals surface area contributed by atoms with Crippen molar-refractivity contribution in [3.63, 3.8) is 0 Å². The lowest BCUT2D eigenvalue weighted by molar-refractivity contribution is 0.102. The number of anilines is 2. The highest BCUT2D eigenvalue weighted by Crippen LogP contribution is 2.23. The summed E-state index contributed by atoms with van der Waals surface area (Å²) < 4.78 is 12.9. The lowest BCUT2D eigenvalue weighted by Gasteiger charge is -2.08. The van der Waals surface area contributed by atoms with Gasteiger partial charge in [0.1, 0.15) is 5.82 Å². The molecule has 0 fully saturated rings. The van der Waals surface area contributed by atoms with Gasteiger partial charge in [0.25, 0.3) is 5.91 Å². The third-order valence-electron chi connectivity index (χ3n) is 2.62. The van der Waals surface area contributed by atoms with Gasteiger partial charge in [0, 0.05) is 18.3 Å². The molecule has 0 atom stereocenters. The first-order valence-corrected chi connectivity index (χ1v) is 6.02. The Kier molecular flexibility index (Phi) is 4.02. The summed E-state index contributed by atoms with van der Waals surface area (Å²) in [4.78, 5) is 12.0. The molecule has 2 aromatic carbocycles. The number of carbonyl (C=O) groups is 1. The Hall–Kier alpha value is -2.07. The summed E-state index contributed by atoms with van der Waals surface area (Å²) >= 11 is 5.84. The first-order chi connectivity index (χ1) is 9.10. The molecule has 0 bridgehead atoms. The van der Waals surface area contributed by atoms with Crippen molar-refractivity contribution in [2.75, 3.05) is 17.7 Å². The average molecular weight is 279 g/mol. The molecular formula is C14H12ClFN2O. The monoisotopic (exact) mass is 278 g/mol. The number of amides is 1. The topological polar surface area (TPSA) is 41.1 Å². The minimum Gasteiger partial charge on any atom is -0.388 e. The van der Waals surface area contributed by atoms with Crippen molar-refractivity contribution < 1.29 is 9.18 Å². The van der Waals surface area contributed by atoms with Gasteiger partial charge in [-0.1, -0.05) is 11.6 Å². The normalized spacial score (nSPS) is 10.1. The summed E-state index contributed by atoms with van der Waals surface area (Å²) in [6.07, 6.45) is 0. The standard InChI is InChI=1S/C14H12ClFN2O/c1-17-11-5-2-9(3-6-11)14(19)18-13-7-4-10(16)8-12(13)15/h2-8,17H,1H3,(H,18,19). The minimum absolute atomic E-state index is 0.167. The average Bonchev–Trinajstić information content (AvgIpc) is 2.42. The first kappa shape index (κ1) is 13.4. The fraction of sp³-hybridized carbons (Fsp3) is 0.0714. The molecule has 3 nitrogen and oxygen atoms in total. The van der Waals surface area contributed by atoms with E-state index < -0.39 is 5.82 Å². The molecule has 0 aliphatic carbocycles. The lowest BCUT2D eigenvalue weighted by atomic mass is 10.2. The van der Waals surface area contributed by atoms with Crippen molar-refractivity contribution in [1.29, 1.82) is 0 Å². The van der Waals surface area contributed by atoms with Crippen molar-refractivity contribution in [2.24, 2.45) is 0 Å². The van der Waals surface area contributed by atoms with Gasteiger partial charge in [-0.15, -0.1) is 0 Å². The van der Waals surface area contributed by atoms with E-state index in [1.807, 2.05) is 0 Å². The number of benzene rings is 2. The zero-order valence-corrected chi connectivity index (χ0v) is 11.0. The maximum absolute atomic E-state index is 12.9. The predicted molar refractivity (Wildman–Crippen MR) is 75.4 cm³/mol. The molecule has 0 saturated heterocycles. The van der Waals surface area contributed by atoms with Gasteiger partial charge >= 0.3 is 0 Å². The predicted octanol–water partition coefficient (Wildman–Crippen LogP) is 3.77. The Morgan fingerprint density at radius 3 is 2.42 bits per heavy atom. The van der Waals surface area contributed by atoms with Gasteiger partial charge in [0.2, 0.25) is 0 Å². The Bertz CT molecular complexity index is 599. The van der Waals surface area contributed by atoms with Crippen molar-refractivity contribution in [3.05, 3.63) is 58.9 Å². The summed E-state index contributed by atoms with van der Waals surface area (Å²) in [5.41, 5.74) is 1.79. The Morgan fingerprint density at radius 1 is 1.16 bits per heavy atom. The fourth-order valence-corrected chi connectivity index (χ4v) is 1.79. The van der Waals surface area contributed by atoms with E-state index in [0.29, 0.717) is 11.3 Å². The SMILES string of the molecule is CNc1ccc(C(=O)Nc2ccc(F)cc2Cl)cc1. The van der Waals surface area contributed by atoms with E-state index in [-0.39, 0.29) is 10.9 Å². The van der Waals surface area contributed by atoms with Crippen LogP contribution in [-0.4, -0.2) is 13.0 Å². The van der Waals surface area contributed by atoms with E-state index in [1.165, 1.54) is 12.1 Å². The number of carbonyl (C=O) groups excluding carboxylic acids is 1. The summed E-state index contributed by atoms with van der Waals surface area (Å²) in [5, 5.41) is 5.76. The molecule has 0 heterocycles. The van der Waals surface area contributed by atoms with Gasteiger partial charge in [-0.3, -0.25) is 4.79 Å². The summed E-state index contributed by atoms with van der Waals surface area (Å²) in [5.74, 6) is -0.738. The largest absolute Gasteiger partial charge is 0.388 e. The molecule has 0 saturated carbocycles. The second kappa shape index (κ2) is 5.71. The van der Waals surface area contributed by atoms with Crippen molar-refractivity contribution in [1.82, 2.24) is 0 Å². The number of hydrogen-bond donors (Lipinski definition) is 2. The van der Waals surface area contributed by atoms with Crippen LogP contribution in [0.15, 0.2) is 42.5 Å². The second-order valence-electron chi connectivity index (χ2n) is 3.91. The molecule has 98 valence electrons. The van der Waals surface area contributed by atoms with Crippen LogP contribution in [0.4, 0.5) is 15.8 Å². The number of hydrogen-bond acceptors (Lipinski definition) is 2. The van der Waals surface area contributed by atoms with Crippen LogP contribution in [-0.2, 0) is 0 Å². The third-order valence-corrected chi connectivity index (χ3v) is 2.93. The second-order valence-corrected chi connectivity index (χ2v) is 4.31. The molecule has 2 aromatic rings. The van der Waals surface area contributed by atoms with Gasteiger partial charge in [0.15, 0.2) is 0 Å². The van der Waals surface area contributed by atoms with Crippen LogP contribution in [0.2, 0.25) is 5.02 Å². The van der Waals surface area contributed by atoms with Crippen molar-refractivity contribution >= 4 is 28.9 Å². The molecule has 5 heteroatoms. The highest BCUT2D eigenvalue weighted by Gasteiger charge is 2.08. The van der Waals surface area contributed by atoms with Crippen LogP contribution in [0, 0.1) is 5.82 Å². The van der Waals surface area contributed by atoms with Crippen LogP contribution in [0.3, 0.4) is 0 Å².